The lowest BCUT2D eigenvalue weighted by molar-refractivity contribution is -0.156. The fraction of sp³-hybridized carbons (Fsp3) is 0.667. The molecule has 7 rings (SSSR count). The number of hydrogen-bond acceptors (Lipinski definition) is 6. The first-order valence-corrected chi connectivity index (χ1v) is 12.0. The molecule has 170 valence electrons. The molecule has 5 aliphatic rings. The second-order valence-corrected chi connectivity index (χ2v) is 10.4. The Morgan fingerprint density at radius 2 is 2.00 bits per heavy atom. The van der Waals surface area contributed by atoms with E-state index < -0.39 is 0 Å². The fourth-order valence-electron chi connectivity index (χ4n) is 7.46. The molecule has 2 unspecified atom stereocenters. The number of morpholine rings is 1. The highest BCUT2D eigenvalue weighted by molar-refractivity contribution is 5.83. The van der Waals surface area contributed by atoms with Crippen molar-refractivity contribution in [2.24, 2.45) is 17.3 Å². The molecule has 2 aromatic heterocycles. The largest absolute Gasteiger partial charge is 0.379 e. The molecule has 3 heterocycles. The summed E-state index contributed by atoms with van der Waals surface area (Å²) in [5.41, 5.74) is 0.692. The van der Waals surface area contributed by atoms with E-state index in [1.54, 1.807) is 6.33 Å². The standard InChI is InChI=1S/C24H32N6O2/c31-22(27-14-21(20-3-1-2-4-26-20)29-5-7-32-8-6-29)23-10-18-9-19(11-23)13-24(12-18,15-23)30-17-25-16-28-30/h1-4,16-19,21H,5-15H2,(H,27,31)/t18-,19+,21-,23?,24?/m1/s1. The van der Waals surface area contributed by atoms with Crippen LogP contribution in [0.3, 0.4) is 0 Å². The monoisotopic (exact) mass is 436 g/mol. The van der Waals surface area contributed by atoms with E-state index in [1.807, 2.05) is 24.7 Å². The minimum atomic E-state index is -0.282. The van der Waals surface area contributed by atoms with Crippen LogP contribution in [-0.4, -0.2) is 63.4 Å². The maximum absolute atomic E-state index is 13.8. The van der Waals surface area contributed by atoms with Gasteiger partial charge in [-0.25, -0.2) is 9.67 Å². The van der Waals surface area contributed by atoms with Gasteiger partial charge in [-0.15, -0.1) is 0 Å². The summed E-state index contributed by atoms with van der Waals surface area (Å²) in [6.45, 7) is 3.77. The van der Waals surface area contributed by atoms with Crippen LogP contribution < -0.4 is 5.32 Å². The van der Waals surface area contributed by atoms with Crippen LogP contribution >= 0.6 is 0 Å². The van der Waals surface area contributed by atoms with Gasteiger partial charge in [0, 0.05) is 25.8 Å². The molecular formula is C24H32N6O2. The van der Waals surface area contributed by atoms with E-state index in [0.717, 1.165) is 64.1 Å². The van der Waals surface area contributed by atoms with Gasteiger partial charge in [0.25, 0.3) is 0 Å². The Morgan fingerprint density at radius 3 is 2.69 bits per heavy atom. The highest BCUT2D eigenvalue weighted by Gasteiger charge is 2.61. The number of aromatic nitrogens is 4. The number of nitrogens with zero attached hydrogens (tertiary/aromatic N) is 5. The normalized spacial score (nSPS) is 35.0. The van der Waals surface area contributed by atoms with Crippen LogP contribution in [0.25, 0.3) is 0 Å². The van der Waals surface area contributed by atoms with Gasteiger partial charge < -0.3 is 10.1 Å². The summed E-state index contributed by atoms with van der Waals surface area (Å²) in [6, 6.07) is 6.11. The number of carbonyl (C=O) groups excluding carboxylic acids is 1. The Bertz CT molecular complexity index is 929. The number of ether oxygens (including phenoxy) is 1. The van der Waals surface area contributed by atoms with Crippen molar-refractivity contribution in [3.8, 4) is 0 Å². The van der Waals surface area contributed by atoms with E-state index in [4.69, 9.17) is 4.74 Å². The maximum Gasteiger partial charge on any atom is 0.226 e. The van der Waals surface area contributed by atoms with Gasteiger partial charge in [-0.3, -0.25) is 14.7 Å². The predicted molar refractivity (Wildman–Crippen MR) is 117 cm³/mol. The summed E-state index contributed by atoms with van der Waals surface area (Å²) < 4.78 is 7.63. The molecule has 5 atom stereocenters. The van der Waals surface area contributed by atoms with Gasteiger partial charge in [-0.1, -0.05) is 6.07 Å². The Balaban J connectivity index is 1.22. The van der Waals surface area contributed by atoms with Crippen LogP contribution in [0.5, 0.6) is 0 Å². The summed E-state index contributed by atoms with van der Waals surface area (Å²) in [5, 5.41) is 7.91. The van der Waals surface area contributed by atoms with Gasteiger partial charge in [-0.05, 0) is 62.5 Å². The van der Waals surface area contributed by atoms with E-state index in [1.165, 1.54) is 6.42 Å². The van der Waals surface area contributed by atoms with Crippen molar-refractivity contribution >= 4 is 5.91 Å². The van der Waals surface area contributed by atoms with Crippen molar-refractivity contribution in [3.63, 3.8) is 0 Å². The predicted octanol–water partition coefficient (Wildman–Crippen LogP) is 2.16. The van der Waals surface area contributed by atoms with E-state index in [2.05, 4.69) is 36.0 Å². The third-order valence-corrected chi connectivity index (χ3v) is 8.39. The van der Waals surface area contributed by atoms with E-state index in [9.17, 15) is 4.79 Å². The zero-order valence-electron chi connectivity index (χ0n) is 18.5. The van der Waals surface area contributed by atoms with Gasteiger partial charge in [0.2, 0.25) is 5.91 Å². The molecule has 2 aromatic rings. The average molecular weight is 437 g/mol. The Kier molecular flexibility index (Phi) is 5.02. The molecule has 4 saturated carbocycles. The minimum Gasteiger partial charge on any atom is -0.379 e. The zero-order valence-corrected chi connectivity index (χ0v) is 18.5. The molecule has 0 spiro atoms. The van der Waals surface area contributed by atoms with Gasteiger partial charge in [0.1, 0.15) is 12.7 Å². The first-order chi connectivity index (χ1) is 15.7. The number of hydrogen-bond donors (Lipinski definition) is 1. The summed E-state index contributed by atoms with van der Waals surface area (Å²) in [4.78, 5) is 25.0. The Morgan fingerprint density at radius 1 is 1.19 bits per heavy atom. The van der Waals surface area contributed by atoms with Crippen LogP contribution in [-0.2, 0) is 15.1 Å². The minimum absolute atomic E-state index is 0.0392. The van der Waals surface area contributed by atoms with Gasteiger partial charge in [0.05, 0.1) is 35.9 Å². The molecular weight excluding hydrogens is 404 g/mol. The highest BCUT2D eigenvalue weighted by Crippen LogP contribution is 2.64. The lowest BCUT2D eigenvalue weighted by atomic mass is 9.46. The topological polar surface area (TPSA) is 85.2 Å². The number of amides is 1. The lowest BCUT2D eigenvalue weighted by Crippen LogP contribution is -2.61. The first-order valence-electron chi connectivity index (χ1n) is 12.0. The molecule has 8 heteroatoms. The molecule has 1 amide bonds. The quantitative estimate of drug-likeness (QED) is 0.747. The molecule has 4 aliphatic carbocycles. The molecule has 0 aromatic carbocycles. The number of nitrogens with one attached hydrogen (secondary N) is 1. The average Bonchev–Trinajstić information content (AvgIpc) is 3.36. The van der Waals surface area contributed by atoms with Crippen molar-refractivity contribution in [2.45, 2.75) is 50.1 Å². The molecule has 5 fully saturated rings. The van der Waals surface area contributed by atoms with Crippen LogP contribution in [0.4, 0.5) is 0 Å². The van der Waals surface area contributed by atoms with Crippen molar-refractivity contribution in [1.29, 1.82) is 0 Å². The first kappa shape index (κ1) is 20.3. The van der Waals surface area contributed by atoms with Gasteiger partial charge >= 0.3 is 0 Å². The second kappa shape index (κ2) is 7.92. The summed E-state index contributed by atoms with van der Waals surface area (Å²) >= 11 is 0. The van der Waals surface area contributed by atoms with Crippen molar-refractivity contribution < 1.29 is 9.53 Å². The number of pyridine rings is 1. The Hall–Kier alpha value is -2.32. The van der Waals surface area contributed by atoms with Crippen LogP contribution in [0, 0.1) is 17.3 Å². The third-order valence-electron chi connectivity index (χ3n) is 8.39. The van der Waals surface area contributed by atoms with E-state index >= 15 is 0 Å². The summed E-state index contributed by atoms with van der Waals surface area (Å²) in [6.07, 6.45) is 11.8. The van der Waals surface area contributed by atoms with Gasteiger partial charge in [0.15, 0.2) is 0 Å². The molecule has 8 nitrogen and oxygen atoms in total. The second-order valence-electron chi connectivity index (χ2n) is 10.4. The molecule has 0 radical (unpaired) electrons. The SMILES string of the molecule is O=C(NC[C@H](c1ccccn1)N1CCOCC1)C12C[C@H]3C[C@@H](C1)CC(n1cncn1)(C3)C2. The van der Waals surface area contributed by atoms with Crippen molar-refractivity contribution in [3.05, 3.63) is 42.7 Å². The van der Waals surface area contributed by atoms with Crippen LogP contribution in [0.2, 0.25) is 0 Å². The zero-order chi connectivity index (χ0) is 21.6. The number of carbonyl (C=O) groups is 1. The summed E-state index contributed by atoms with van der Waals surface area (Å²) in [7, 11) is 0. The smallest absolute Gasteiger partial charge is 0.226 e. The Labute approximate surface area is 188 Å². The van der Waals surface area contributed by atoms with Crippen molar-refractivity contribution in [1.82, 2.24) is 30.0 Å². The molecule has 1 N–H and O–H groups in total. The fourth-order valence-corrected chi connectivity index (χ4v) is 7.46. The van der Waals surface area contributed by atoms with E-state index in [-0.39, 0.29) is 22.9 Å². The highest BCUT2D eigenvalue weighted by atomic mass is 16.5. The number of rotatable bonds is 6. The molecule has 32 heavy (non-hydrogen) atoms. The van der Waals surface area contributed by atoms with Gasteiger partial charge in [-0.2, -0.15) is 5.10 Å². The summed E-state index contributed by atoms with van der Waals surface area (Å²) in [5.74, 6) is 1.44. The third kappa shape index (κ3) is 3.44. The molecule has 1 saturated heterocycles. The van der Waals surface area contributed by atoms with Crippen molar-refractivity contribution in [2.75, 3.05) is 32.8 Å². The maximum atomic E-state index is 13.8. The van der Waals surface area contributed by atoms with E-state index in [0.29, 0.717) is 18.4 Å². The lowest BCUT2D eigenvalue weighted by Gasteiger charge is -2.61. The van der Waals surface area contributed by atoms with Crippen LogP contribution in [0.1, 0.15) is 50.3 Å². The molecule has 4 bridgehead atoms. The van der Waals surface area contributed by atoms with Crippen LogP contribution in [0.15, 0.2) is 37.1 Å². The molecule has 1 aliphatic heterocycles.